The molecule has 0 radical (unpaired) electrons. The summed E-state index contributed by atoms with van der Waals surface area (Å²) in [6, 6.07) is 0. The molecule has 0 spiro atoms. The minimum Gasteiger partial charge on any atom is -0.303 e. The van der Waals surface area contributed by atoms with Gasteiger partial charge in [0, 0.05) is 49.1 Å². The van der Waals surface area contributed by atoms with Crippen LogP contribution >= 0.6 is 22.7 Å². The van der Waals surface area contributed by atoms with Crippen molar-refractivity contribution in [2.24, 2.45) is 11.8 Å². The monoisotopic (exact) mass is 408 g/mol. The number of hydrogen-bond donors (Lipinski definition) is 1. The molecule has 0 saturated carbocycles. The maximum absolute atomic E-state index is 12.2. The molecule has 2 atom stereocenters. The lowest BCUT2D eigenvalue weighted by Gasteiger charge is -2.34. The molecule has 1 fully saturated rings. The third kappa shape index (κ3) is 5.73. The summed E-state index contributed by atoms with van der Waals surface area (Å²) in [7, 11) is 0. The van der Waals surface area contributed by atoms with Gasteiger partial charge < -0.3 is 9.88 Å². The molecule has 2 aromatic heterocycles. The fourth-order valence-corrected chi connectivity index (χ4v) is 5.32. The van der Waals surface area contributed by atoms with Crippen molar-refractivity contribution in [1.82, 2.24) is 14.5 Å². The topological polar surface area (TPSA) is 67.2 Å². The lowest BCUT2D eigenvalue weighted by Crippen LogP contribution is -2.38. The molecule has 3 heterocycles. The average Bonchev–Trinajstić information content (AvgIpc) is 3.14. The van der Waals surface area contributed by atoms with Crippen molar-refractivity contribution in [2.45, 2.75) is 53.1 Å². The van der Waals surface area contributed by atoms with Crippen molar-refractivity contribution < 1.29 is 4.79 Å². The van der Waals surface area contributed by atoms with Crippen LogP contribution in [0.25, 0.3) is 0 Å². The van der Waals surface area contributed by atoms with Gasteiger partial charge in [-0.05, 0) is 31.6 Å². The van der Waals surface area contributed by atoms with Gasteiger partial charge in [-0.3, -0.25) is 14.5 Å². The van der Waals surface area contributed by atoms with Crippen LogP contribution in [0.4, 0.5) is 5.13 Å². The van der Waals surface area contributed by atoms with Gasteiger partial charge in [-0.15, -0.1) is 11.3 Å². The quantitative estimate of drug-likeness (QED) is 0.760. The number of carbonyl (C=O) groups excluding carboxylic acids is 1. The summed E-state index contributed by atoms with van der Waals surface area (Å²) in [5.41, 5.74) is 1.98. The van der Waals surface area contributed by atoms with Gasteiger partial charge in [0.15, 0.2) is 5.13 Å². The normalized spacial score (nSPS) is 20.7. The van der Waals surface area contributed by atoms with E-state index in [0.29, 0.717) is 24.5 Å². The minimum atomic E-state index is -0.0444. The van der Waals surface area contributed by atoms with Gasteiger partial charge in [0.25, 0.3) is 0 Å². The molecule has 6 nitrogen and oxygen atoms in total. The number of carbonyl (C=O) groups is 1. The van der Waals surface area contributed by atoms with Gasteiger partial charge in [-0.25, -0.2) is 4.98 Å². The Hall–Kier alpha value is -1.51. The molecule has 1 aliphatic heterocycles. The second kappa shape index (κ2) is 9.12. The Morgan fingerprint density at radius 1 is 1.26 bits per heavy atom. The molecule has 0 aromatic carbocycles. The molecule has 1 saturated heterocycles. The van der Waals surface area contributed by atoms with E-state index in [0.717, 1.165) is 42.9 Å². The predicted octanol–water partition coefficient (Wildman–Crippen LogP) is 3.57. The third-order valence-electron chi connectivity index (χ3n) is 4.89. The number of aryl methyl sites for hydroxylation is 1. The SMILES string of the molecule is Cc1csc(=O)n1CCCC(=O)Nc1nc(CN2C[C@@H](C)C[C@H](C)C2)cs1. The summed E-state index contributed by atoms with van der Waals surface area (Å²) in [6.45, 7) is 10.2. The minimum absolute atomic E-state index is 0.0406. The van der Waals surface area contributed by atoms with Crippen LogP contribution in [0.3, 0.4) is 0 Å². The van der Waals surface area contributed by atoms with Crippen LogP contribution in [0.1, 0.15) is 44.5 Å². The Bertz CT molecular complexity index is 816. The Labute approximate surface area is 168 Å². The van der Waals surface area contributed by atoms with E-state index in [1.807, 2.05) is 17.7 Å². The molecule has 3 rings (SSSR count). The van der Waals surface area contributed by atoms with Crippen LogP contribution in [0.15, 0.2) is 15.6 Å². The van der Waals surface area contributed by atoms with E-state index >= 15 is 0 Å². The predicted molar refractivity (Wildman–Crippen MR) is 112 cm³/mol. The molecular weight excluding hydrogens is 380 g/mol. The van der Waals surface area contributed by atoms with Crippen molar-refractivity contribution in [2.75, 3.05) is 18.4 Å². The van der Waals surface area contributed by atoms with Crippen molar-refractivity contribution in [3.8, 4) is 0 Å². The fraction of sp³-hybridized carbons (Fsp3) is 0.632. The number of amides is 1. The highest BCUT2D eigenvalue weighted by atomic mass is 32.1. The number of nitrogens with one attached hydrogen (secondary N) is 1. The molecule has 1 N–H and O–H groups in total. The van der Waals surface area contributed by atoms with Crippen molar-refractivity contribution in [3.05, 3.63) is 31.8 Å². The molecule has 2 aromatic rings. The number of anilines is 1. The van der Waals surface area contributed by atoms with E-state index in [-0.39, 0.29) is 10.8 Å². The number of thiazole rings is 2. The molecule has 1 amide bonds. The lowest BCUT2D eigenvalue weighted by molar-refractivity contribution is -0.116. The maximum Gasteiger partial charge on any atom is 0.307 e. The number of hydrogen-bond acceptors (Lipinski definition) is 6. The zero-order valence-electron chi connectivity index (χ0n) is 16.2. The molecule has 27 heavy (non-hydrogen) atoms. The summed E-state index contributed by atoms with van der Waals surface area (Å²) in [5, 5.41) is 7.44. The molecule has 0 unspecified atom stereocenters. The first-order chi connectivity index (χ1) is 12.9. The molecule has 8 heteroatoms. The van der Waals surface area contributed by atoms with Gasteiger partial charge in [0.1, 0.15) is 0 Å². The summed E-state index contributed by atoms with van der Waals surface area (Å²) < 4.78 is 1.72. The zero-order chi connectivity index (χ0) is 19.4. The molecule has 0 bridgehead atoms. The highest BCUT2D eigenvalue weighted by Crippen LogP contribution is 2.24. The summed E-state index contributed by atoms with van der Waals surface area (Å²) in [6.07, 6.45) is 2.33. The summed E-state index contributed by atoms with van der Waals surface area (Å²) >= 11 is 2.68. The van der Waals surface area contributed by atoms with Gasteiger partial charge in [0.2, 0.25) is 5.91 Å². The Morgan fingerprint density at radius 2 is 2.00 bits per heavy atom. The van der Waals surface area contributed by atoms with Crippen molar-refractivity contribution >= 4 is 33.7 Å². The Morgan fingerprint density at radius 3 is 2.67 bits per heavy atom. The molecular formula is C19H28N4O2S2. The van der Waals surface area contributed by atoms with Gasteiger partial charge in [-0.2, -0.15) is 0 Å². The first-order valence-electron chi connectivity index (χ1n) is 9.52. The lowest BCUT2D eigenvalue weighted by atomic mass is 9.92. The second-order valence-electron chi connectivity index (χ2n) is 7.73. The van der Waals surface area contributed by atoms with Crippen LogP contribution in [0.2, 0.25) is 0 Å². The second-order valence-corrected chi connectivity index (χ2v) is 9.41. The average molecular weight is 409 g/mol. The van der Waals surface area contributed by atoms with Crippen molar-refractivity contribution in [3.63, 3.8) is 0 Å². The summed E-state index contributed by atoms with van der Waals surface area (Å²) in [4.78, 5) is 30.9. The Kier molecular flexibility index (Phi) is 6.83. The number of aromatic nitrogens is 2. The van der Waals surface area contributed by atoms with Crippen molar-refractivity contribution in [1.29, 1.82) is 0 Å². The van der Waals surface area contributed by atoms with Crippen LogP contribution < -0.4 is 10.2 Å². The number of rotatable bonds is 7. The number of nitrogens with zero attached hydrogens (tertiary/aromatic N) is 3. The van der Waals surface area contributed by atoms with Crippen LogP contribution in [-0.4, -0.2) is 33.4 Å². The molecule has 0 aliphatic carbocycles. The van der Waals surface area contributed by atoms with Gasteiger partial charge >= 0.3 is 4.87 Å². The zero-order valence-corrected chi connectivity index (χ0v) is 17.9. The maximum atomic E-state index is 12.2. The highest BCUT2D eigenvalue weighted by Gasteiger charge is 2.22. The van der Waals surface area contributed by atoms with E-state index < -0.39 is 0 Å². The standard InChI is InChI=1S/C19H28N4O2S2/c1-13-7-14(2)9-22(8-13)10-16-12-26-18(20-16)21-17(24)5-4-6-23-15(3)11-27-19(23)25/h11-14H,4-10H2,1-3H3,(H,20,21,24)/t13-,14-/m0/s1. The highest BCUT2D eigenvalue weighted by molar-refractivity contribution is 7.13. The largest absolute Gasteiger partial charge is 0.307 e. The van der Waals surface area contributed by atoms with Crippen LogP contribution in [0, 0.1) is 18.8 Å². The van der Waals surface area contributed by atoms with Gasteiger partial charge in [-0.1, -0.05) is 25.2 Å². The van der Waals surface area contributed by atoms with Crippen LogP contribution in [-0.2, 0) is 17.9 Å². The first kappa shape index (κ1) is 20.2. The van der Waals surface area contributed by atoms with E-state index in [1.165, 1.54) is 29.1 Å². The fourth-order valence-electron chi connectivity index (χ4n) is 3.84. The molecule has 148 valence electrons. The number of likely N-dealkylation sites (tertiary alicyclic amines) is 1. The van der Waals surface area contributed by atoms with E-state index in [4.69, 9.17) is 0 Å². The summed E-state index contributed by atoms with van der Waals surface area (Å²) in [5.74, 6) is 1.41. The van der Waals surface area contributed by atoms with E-state index in [1.54, 1.807) is 4.57 Å². The van der Waals surface area contributed by atoms with E-state index in [2.05, 4.69) is 29.0 Å². The van der Waals surface area contributed by atoms with Crippen LogP contribution in [0.5, 0.6) is 0 Å². The number of piperidine rings is 1. The first-order valence-corrected chi connectivity index (χ1v) is 11.3. The third-order valence-corrected chi connectivity index (χ3v) is 6.58. The smallest absolute Gasteiger partial charge is 0.303 e. The Balaban J connectivity index is 1.44. The molecule has 1 aliphatic rings. The van der Waals surface area contributed by atoms with Gasteiger partial charge in [0.05, 0.1) is 5.69 Å². The van der Waals surface area contributed by atoms with E-state index in [9.17, 15) is 9.59 Å².